The summed E-state index contributed by atoms with van der Waals surface area (Å²) in [5, 5.41) is 3.37. The normalized spacial score (nSPS) is 30.6. The first-order valence-corrected chi connectivity index (χ1v) is 8.86. The molecular weight excluding hydrogens is 290 g/mol. The topological polar surface area (TPSA) is 54.5 Å². The van der Waals surface area contributed by atoms with Gasteiger partial charge in [0.05, 0.1) is 11.7 Å². The van der Waals surface area contributed by atoms with Gasteiger partial charge in [0.1, 0.15) is 5.82 Å². The largest absolute Gasteiger partial charge is 0.368 e. The zero-order valence-corrected chi connectivity index (χ0v) is 13.5. The van der Waals surface area contributed by atoms with Crippen LogP contribution in [0.4, 0.5) is 5.82 Å². The molecule has 1 aliphatic carbocycles. The number of hydrogen-bond donors (Lipinski definition) is 1. The number of amides is 1. The summed E-state index contributed by atoms with van der Waals surface area (Å²) in [4.78, 5) is 18.6. The van der Waals surface area contributed by atoms with Crippen LogP contribution in [0.25, 0.3) is 0 Å². The number of nitrogens with one attached hydrogen (secondary N) is 1. The lowest BCUT2D eigenvalue weighted by Gasteiger charge is -2.38. The molecule has 1 N–H and O–H groups in total. The maximum atomic E-state index is 12.3. The van der Waals surface area contributed by atoms with Gasteiger partial charge in [0.2, 0.25) is 5.91 Å². The van der Waals surface area contributed by atoms with Crippen molar-refractivity contribution in [3.63, 3.8) is 0 Å². The number of rotatable bonds is 4. The second kappa shape index (κ2) is 6.11. The Balaban J connectivity index is 1.33. The predicted octanol–water partition coefficient (Wildman–Crippen LogP) is 2.44. The quantitative estimate of drug-likeness (QED) is 0.927. The fourth-order valence-electron chi connectivity index (χ4n) is 3.87. The maximum Gasteiger partial charge on any atom is 0.225 e. The van der Waals surface area contributed by atoms with Crippen molar-refractivity contribution in [3.05, 3.63) is 24.4 Å². The second-order valence-corrected chi connectivity index (χ2v) is 7.20. The number of hydrogen-bond acceptors (Lipinski definition) is 4. The molecule has 124 valence electrons. The molecule has 4 rings (SSSR count). The summed E-state index contributed by atoms with van der Waals surface area (Å²) in [5.74, 6) is 1.57. The zero-order valence-electron chi connectivity index (χ0n) is 13.5. The molecule has 5 nitrogen and oxygen atoms in total. The average Bonchev–Trinajstić information content (AvgIpc) is 3.36. The third-order valence-electron chi connectivity index (χ3n) is 5.31. The molecule has 0 radical (unpaired) electrons. The van der Waals surface area contributed by atoms with E-state index < -0.39 is 0 Å². The third-order valence-corrected chi connectivity index (χ3v) is 5.31. The standard InChI is InChI=1S/C18H25N3O2/c22-17(14-6-7-14)21-11-9-18(13-21)8-3-4-15(23-18)12-20-16-5-1-2-10-19-16/h1-2,5,10,14-15H,3-4,6-9,11-13H2,(H,19,20)/t15-,18-/m1/s1. The SMILES string of the molecule is O=C(C1CC1)N1CC[C@]2(CCC[C@H](CNc3ccccn3)O2)C1. The summed E-state index contributed by atoms with van der Waals surface area (Å²) in [7, 11) is 0. The van der Waals surface area contributed by atoms with Gasteiger partial charge in [0, 0.05) is 31.7 Å². The molecule has 1 amide bonds. The molecule has 3 heterocycles. The lowest BCUT2D eigenvalue weighted by molar-refractivity contribution is -0.138. The number of aromatic nitrogens is 1. The highest BCUT2D eigenvalue weighted by atomic mass is 16.5. The summed E-state index contributed by atoms with van der Waals surface area (Å²) in [6.07, 6.45) is 8.51. The fraction of sp³-hybridized carbons (Fsp3) is 0.667. The van der Waals surface area contributed by atoms with Crippen molar-refractivity contribution in [2.45, 2.75) is 50.2 Å². The van der Waals surface area contributed by atoms with Crippen LogP contribution in [0.2, 0.25) is 0 Å². The van der Waals surface area contributed by atoms with Crippen LogP contribution in [0.15, 0.2) is 24.4 Å². The number of ether oxygens (including phenoxy) is 1. The lowest BCUT2D eigenvalue weighted by Crippen LogP contribution is -2.46. The van der Waals surface area contributed by atoms with Gasteiger partial charge in [-0.25, -0.2) is 4.98 Å². The minimum Gasteiger partial charge on any atom is -0.368 e. The van der Waals surface area contributed by atoms with Crippen molar-refractivity contribution in [2.24, 2.45) is 5.92 Å². The molecule has 1 aromatic rings. The van der Waals surface area contributed by atoms with Gasteiger partial charge in [-0.2, -0.15) is 0 Å². The summed E-state index contributed by atoms with van der Waals surface area (Å²) >= 11 is 0. The van der Waals surface area contributed by atoms with E-state index in [9.17, 15) is 4.79 Å². The van der Waals surface area contributed by atoms with Crippen LogP contribution >= 0.6 is 0 Å². The minimum atomic E-state index is -0.0980. The van der Waals surface area contributed by atoms with E-state index in [4.69, 9.17) is 4.74 Å². The molecule has 0 bridgehead atoms. The summed E-state index contributed by atoms with van der Waals surface area (Å²) in [6.45, 7) is 2.45. The van der Waals surface area contributed by atoms with Gasteiger partial charge < -0.3 is 15.0 Å². The van der Waals surface area contributed by atoms with Gasteiger partial charge in [-0.15, -0.1) is 0 Å². The van der Waals surface area contributed by atoms with E-state index in [1.165, 1.54) is 6.42 Å². The van der Waals surface area contributed by atoms with Gasteiger partial charge in [0.25, 0.3) is 0 Å². The summed E-state index contributed by atoms with van der Waals surface area (Å²) in [5.41, 5.74) is -0.0980. The Kier molecular flexibility index (Phi) is 3.97. The monoisotopic (exact) mass is 315 g/mol. The van der Waals surface area contributed by atoms with E-state index in [0.717, 1.165) is 57.6 Å². The molecule has 0 unspecified atom stereocenters. The van der Waals surface area contributed by atoms with Gasteiger partial charge in [-0.05, 0) is 50.7 Å². The maximum absolute atomic E-state index is 12.3. The third kappa shape index (κ3) is 3.34. The Morgan fingerprint density at radius 1 is 1.35 bits per heavy atom. The average molecular weight is 315 g/mol. The van der Waals surface area contributed by atoms with Crippen molar-refractivity contribution in [1.82, 2.24) is 9.88 Å². The smallest absolute Gasteiger partial charge is 0.225 e. The van der Waals surface area contributed by atoms with Crippen molar-refractivity contribution < 1.29 is 9.53 Å². The summed E-state index contributed by atoms with van der Waals surface area (Å²) in [6, 6.07) is 5.88. The van der Waals surface area contributed by atoms with Crippen molar-refractivity contribution in [2.75, 3.05) is 25.0 Å². The van der Waals surface area contributed by atoms with Crippen LogP contribution in [-0.4, -0.2) is 47.1 Å². The Bertz CT molecular complexity index is 561. The van der Waals surface area contributed by atoms with E-state index in [0.29, 0.717) is 11.8 Å². The lowest BCUT2D eigenvalue weighted by atomic mass is 9.90. The molecule has 2 atom stereocenters. The number of nitrogens with zero attached hydrogens (tertiary/aromatic N) is 2. The first-order chi connectivity index (χ1) is 11.2. The first-order valence-electron chi connectivity index (χ1n) is 8.86. The van der Waals surface area contributed by atoms with E-state index in [-0.39, 0.29) is 11.7 Å². The zero-order chi connectivity index (χ0) is 15.7. The van der Waals surface area contributed by atoms with Crippen molar-refractivity contribution in [1.29, 1.82) is 0 Å². The number of carbonyl (C=O) groups excluding carboxylic acids is 1. The van der Waals surface area contributed by atoms with Gasteiger partial charge in [-0.3, -0.25) is 4.79 Å². The predicted molar refractivity (Wildman–Crippen MR) is 88.1 cm³/mol. The van der Waals surface area contributed by atoms with Gasteiger partial charge in [0.15, 0.2) is 0 Å². The van der Waals surface area contributed by atoms with E-state index in [2.05, 4.69) is 10.3 Å². The molecule has 5 heteroatoms. The Morgan fingerprint density at radius 3 is 3.04 bits per heavy atom. The highest BCUT2D eigenvalue weighted by molar-refractivity contribution is 5.81. The van der Waals surface area contributed by atoms with E-state index in [1.54, 1.807) is 6.20 Å². The van der Waals surface area contributed by atoms with Gasteiger partial charge in [-0.1, -0.05) is 6.07 Å². The molecule has 2 saturated heterocycles. The minimum absolute atomic E-state index is 0.0980. The molecule has 0 aromatic carbocycles. The highest BCUT2D eigenvalue weighted by Gasteiger charge is 2.46. The van der Waals surface area contributed by atoms with E-state index in [1.807, 2.05) is 23.1 Å². The van der Waals surface area contributed by atoms with Crippen LogP contribution < -0.4 is 5.32 Å². The number of anilines is 1. The number of pyridine rings is 1. The Labute approximate surface area is 137 Å². The Hall–Kier alpha value is -1.62. The summed E-state index contributed by atoms with van der Waals surface area (Å²) < 4.78 is 6.45. The Morgan fingerprint density at radius 2 is 2.26 bits per heavy atom. The molecule has 1 saturated carbocycles. The molecular formula is C18H25N3O2. The molecule has 2 aliphatic heterocycles. The second-order valence-electron chi connectivity index (χ2n) is 7.20. The molecule has 23 heavy (non-hydrogen) atoms. The van der Waals surface area contributed by atoms with Crippen molar-refractivity contribution in [3.8, 4) is 0 Å². The van der Waals surface area contributed by atoms with Gasteiger partial charge >= 0.3 is 0 Å². The van der Waals surface area contributed by atoms with Crippen LogP contribution in [0.5, 0.6) is 0 Å². The van der Waals surface area contributed by atoms with Crippen LogP contribution in [0, 0.1) is 5.92 Å². The molecule has 3 fully saturated rings. The van der Waals surface area contributed by atoms with Crippen LogP contribution in [0.1, 0.15) is 38.5 Å². The van der Waals surface area contributed by atoms with Crippen molar-refractivity contribution >= 4 is 11.7 Å². The highest BCUT2D eigenvalue weighted by Crippen LogP contribution is 2.39. The molecule has 3 aliphatic rings. The first kappa shape index (κ1) is 14.9. The molecule has 1 spiro atoms. The number of carbonyl (C=O) groups is 1. The van der Waals surface area contributed by atoms with E-state index >= 15 is 0 Å². The van der Waals surface area contributed by atoms with Crippen LogP contribution in [-0.2, 0) is 9.53 Å². The van der Waals surface area contributed by atoms with Crippen LogP contribution in [0.3, 0.4) is 0 Å². The fourth-order valence-corrected chi connectivity index (χ4v) is 3.87. The molecule has 1 aromatic heterocycles. The number of likely N-dealkylation sites (tertiary alicyclic amines) is 1.